The van der Waals surface area contributed by atoms with Crippen LogP contribution in [0.25, 0.3) is 44.4 Å². The molecule has 0 atom stereocenters. The molecule has 0 fully saturated rings. The summed E-state index contributed by atoms with van der Waals surface area (Å²) in [5, 5.41) is 7.59. The summed E-state index contributed by atoms with van der Waals surface area (Å²) in [5.74, 6) is 2.48. The van der Waals surface area contributed by atoms with Gasteiger partial charge in [-0.25, -0.2) is 9.67 Å². The molecule has 0 saturated heterocycles. The first-order chi connectivity index (χ1) is 22.4. The number of hydrogen-bond acceptors (Lipinski definition) is 3. The van der Waals surface area contributed by atoms with Crippen LogP contribution in [0.4, 0.5) is 0 Å². The van der Waals surface area contributed by atoms with Crippen molar-refractivity contribution in [2.24, 2.45) is 0 Å². The summed E-state index contributed by atoms with van der Waals surface area (Å²) in [6.45, 7) is 13.1. The lowest BCUT2D eigenvalue weighted by molar-refractivity contribution is 0.482. The van der Waals surface area contributed by atoms with Crippen molar-refractivity contribution in [1.82, 2.24) is 19.3 Å². The summed E-state index contributed by atoms with van der Waals surface area (Å²) in [7, 11) is 0. The molecule has 230 valence electrons. The summed E-state index contributed by atoms with van der Waals surface area (Å²) < 4.78 is 11.1. The third kappa shape index (κ3) is 5.06. The number of hydrogen-bond donors (Lipinski definition) is 0. The fraction of sp³-hybridized carbons (Fsp3) is 0.220. The van der Waals surface area contributed by atoms with Crippen molar-refractivity contribution in [2.75, 3.05) is 0 Å². The van der Waals surface area contributed by atoms with Crippen LogP contribution in [-0.4, -0.2) is 19.3 Å². The molecule has 3 aromatic heterocycles. The predicted octanol–water partition coefficient (Wildman–Crippen LogP) is 10.4. The molecule has 0 radical (unpaired) electrons. The highest BCUT2D eigenvalue weighted by Gasteiger charge is 2.22. The number of aromatic nitrogens is 4. The topological polar surface area (TPSA) is 44.9 Å². The van der Waals surface area contributed by atoms with E-state index in [2.05, 4.69) is 136 Å². The van der Waals surface area contributed by atoms with E-state index < -0.39 is 0 Å². The molecule has 4 aromatic carbocycles. The first kappa shape index (κ1) is 29.5. The van der Waals surface area contributed by atoms with Crippen LogP contribution in [0, 0.1) is 20.8 Å². The molecule has 46 heavy (non-hydrogen) atoms. The van der Waals surface area contributed by atoms with E-state index in [1.54, 1.807) is 0 Å². The van der Waals surface area contributed by atoms with Gasteiger partial charge in [0.1, 0.15) is 17.3 Å². The third-order valence-electron chi connectivity index (χ3n) is 9.07. The summed E-state index contributed by atoms with van der Waals surface area (Å²) in [6.07, 6.45) is 4.50. The van der Waals surface area contributed by atoms with Crippen molar-refractivity contribution < 1.29 is 4.74 Å². The number of pyridine rings is 1. The summed E-state index contributed by atoms with van der Waals surface area (Å²) in [5.41, 5.74) is 13.1. The summed E-state index contributed by atoms with van der Waals surface area (Å²) in [6, 6.07) is 32.1. The first-order valence-corrected chi connectivity index (χ1v) is 16.4. The van der Waals surface area contributed by atoms with Crippen LogP contribution in [0.15, 0.2) is 97.2 Å². The average Bonchev–Trinajstić information content (AvgIpc) is 3.60. The molecule has 0 saturated carbocycles. The van der Waals surface area contributed by atoms with Crippen LogP contribution in [0.5, 0.6) is 11.5 Å². The highest BCUT2D eigenvalue weighted by atomic mass is 16.5. The molecular formula is C41H40N4O. The Labute approximate surface area is 271 Å². The van der Waals surface area contributed by atoms with E-state index in [1.807, 2.05) is 12.3 Å². The van der Waals surface area contributed by atoms with E-state index in [0.29, 0.717) is 0 Å². The van der Waals surface area contributed by atoms with E-state index in [9.17, 15) is 0 Å². The van der Waals surface area contributed by atoms with Gasteiger partial charge in [-0.15, -0.1) is 0 Å². The van der Waals surface area contributed by atoms with Crippen molar-refractivity contribution in [3.63, 3.8) is 0 Å². The number of benzene rings is 4. The van der Waals surface area contributed by atoms with Crippen molar-refractivity contribution in [3.8, 4) is 34.1 Å². The second kappa shape index (κ2) is 12.0. The van der Waals surface area contributed by atoms with Crippen LogP contribution >= 0.6 is 0 Å². The molecule has 5 nitrogen and oxygen atoms in total. The molecule has 7 rings (SSSR count). The van der Waals surface area contributed by atoms with Gasteiger partial charge in [0.15, 0.2) is 0 Å². The zero-order valence-electron chi connectivity index (χ0n) is 27.6. The lowest BCUT2D eigenvalue weighted by atomic mass is 9.92. The molecule has 0 spiro atoms. The van der Waals surface area contributed by atoms with E-state index in [-0.39, 0.29) is 0 Å². The normalized spacial score (nSPS) is 11.5. The van der Waals surface area contributed by atoms with E-state index in [1.165, 1.54) is 49.8 Å². The molecule has 5 heteroatoms. The smallest absolute Gasteiger partial charge is 0.137 e. The molecule has 0 aliphatic rings. The van der Waals surface area contributed by atoms with E-state index in [4.69, 9.17) is 14.8 Å². The molecule has 0 unspecified atom stereocenters. The van der Waals surface area contributed by atoms with Gasteiger partial charge in [0.2, 0.25) is 0 Å². The Morgan fingerprint density at radius 2 is 1.43 bits per heavy atom. The van der Waals surface area contributed by atoms with Gasteiger partial charge in [0.25, 0.3) is 0 Å². The second-order valence-corrected chi connectivity index (χ2v) is 12.2. The predicted molar refractivity (Wildman–Crippen MR) is 190 cm³/mol. The van der Waals surface area contributed by atoms with Gasteiger partial charge in [0, 0.05) is 34.7 Å². The van der Waals surface area contributed by atoms with Gasteiger partial charge in [-0.3, -0.25) is 4.57 Å². The Morgan fingerprint density at radius 1 is 0.652 bits per heavy atom. The summed E-state index contributed by atoms with van der Waals surface area (Å²) >= 11 is 0. The molecule has 3 heterocycles. The fourth-order valence-electron chi connectivity index (χ4n) is 6.86. The molecule has 0 aliphatic heterocycles. The Bertz CT molecular complexity index is 2220. The van der Waals surface area contributed by atoms with Gasteiger partial charge in [0.05, 0.1) is 28.1 Å². The molecular weight excluding hydrogens is 564 g/mol. The highest BCUT2D eigenvalue weighted by Crippen LogP contribution is 2.38. The maximum absolute atomic E-state index is 6.69. The van der Waals surface area contributed by atoms with Gasteiger partial charge < -0.3 is 4.74 Å². The number of nitrogens with zero attached hydrogens (tertiary/aromatic N) is 4. The Balaban J connectivity index is 1.35. The second-order valence-electron chi connectivity index (χ2n) is 12.2. The number of ether oxygens (including phenoxy) is 1. The lowest BCUT2D eigenvalue weighted by Crippen LogP contribution is -2.04. The van der Waals surface area contributed by atoms with Crippen LogP contribution in [0.2, 0.25) is 0 Å². The minimum Gasteiger partial charge on any atom is -0.457 e. The van der Waals surface area contributed by atoms with Gasteiger partial charge >= 0.3 is 0 Å². The molecule has 0 amide bonds. The van der Waals surface area contributed by atoms with Crippen LogP contribution < -0.4 is 4.74 Å². The molecule has 0 aliphatic carbocycles. The van der Waals surface area contributed by atoms with E-state index >= 15 is 0 Å². The lowest BCUT2D eigenvalue weighted by Gasteiger charge is -2.15. The van der Waals surface area contributed by atoms with Crippen LogP contribution in [0.3, 0.4) is 0 Å². The first-order valence-electron chi connectivity index (χ1n) is 16.4. The largest absolute Gasteiger partial charge is 0.457 e. The van der Waals surface area contributed by atoms with Gasteiger partial charge in [-0.1, -0.05) is 57.2 Å². The zero-order valence-corrected chi connectivity index (χ0v) is 27.6. The molecule has 7 aromatic rings. The minimum absolute atomic E-state index is 0.782. The number of fused-ring (bicyclic) bond motifs is 3. The zero-order chi connectivity index (χ0) is 31.9. The van der Waals surface area contributed by atoms with Crippen molar-refractivity contribution in [3.05, 3.63) is 131 Å². The van der Waals surface area contributed by atoms with E-state index in [0.717, 1.165) is 59.0 Å². The third-order valence-corrected chi connectivity index (χ3v) is 9.07. The quantitative estimate of drug-likeness (QED) is 0.173. The monoisotopic (exact) mass is 604 g/mol. The summed E-state index contributed by atoms with van der Waals surface area (Å²) in [4.78, 5) is 4.74. The maximum Gasteiger partial charge on any atom is 0.137 e. The standard InChI is InChI=1S/C41H40N4O/c1-7-29-22-30(45-36(9-3)41(35(8-2)43-45)40-27(5)13-12-14-28(40)6)24-32(23-29)46-31-17-18-34-33-15-10-11-16-37(33)44(38(34)25-31)39-21-26(4)19-20-42-39/h10-25H,7-9H2,1-6H3. The molecule has 0 N–H and O–H groups in total. The Hall–Kier alpha value is -5.16. The number of para-hydroxylation sites is 1. The highest BCUT2D eigenvalue weighted by molar-refractivity contribution is 6.09. The van der Waals surface area contributed by atoms with Crippen molar-refractivity contribution >= 4 is 21.8 Å². The van der Waals surface area contributed by atoms with Crippen molar-refractivity contribution in [2.45, 2.75) is 60.8 Å². The Kier molecular flexibility index (Phi) is 7.69. The number of rotatable bonds is 8. The van der Waals surface area contributed by atoms with Crippen molar-refractivity contribution in [1.29, 1.82) is 0 Å². The fourth-order valence-corrected chi connectivity index (χ4v) is 6.86. The van der Waals surface area contributed by atoms with Crippen LogP contribution in [0.1, 0.15) is 54.4 Å². The number of aryl methyl sites for hydroxylation is 5. The Morgan fingerprint density at radius 3 is 2.17 bits per heavy atom. The van der Waals surface area contributed by atoms with Crippen LogP contribution in [-0.2, 0) is 19.3 Å². The maximum atomic E-state index is 6.69. The average molecular weight is 605 g/mol. The minimum atomic E-state index is 0.782. The molecule has 0 bridgehead atoms. The van der Waals surface area contributed by atoms with Gasteiger partial charge in [-0.2, -0.15) is 5.10 Å². The van der Waals surface area contributed by atoms with Gasteiger partial charge in [-0.05, 0) is 110 Å². The SMILES string of the molecule is CCc1cc(Oc2ccc3c4ccccc4n(-c4cc(C)ccn4)c3c2)cc(-n2nc(CC)c(-c3c(C)cccc3C)c2CC)c1.